The lowest BCUT2D eigenvalue weighted by Crippen LogP contribution is -2.38. The summed E-state index contributed by atoms with van der Waals surface area (Å²) in [5.74, 6) is 0.494. The summed E-state index contributed by atoms with van der Waals surface area (Å²) < 4.78 is 9.35. The lowest BCUT2D eigenvalue weighted by molar-refractivity contribution is 0.0360. The Bertz CT molecular complexity index is 1070. The summed E-state index contributed by atoms with van der Waals surface area (Å²) in [6.07, 6.45) is 4.64. The molecule has 0 amide bonds. The van der Waals surface area contributed by atoms with Crippen LogP contribution in [-0.4, -0.2) is 62.1 Å². The zero-order chi connectivity index (χ0) is 20.7. The largest absolute Gasteiger partial charge is 0.379 e. The van der Waals surface area contributed by atoms with E-state index in [0.717, 1.165) is 80.0 Å². The minimum Gasteiger partial charge on any atom is -0.379 e. The normalized spacial score (nSPS) is 16.4. The third kappa shape index (κ3) is 3.80. The third-order valence-corrected chi connectivity index (χ3v) is 6.23. The molecule has 0 bridgehead atoms. The molecular formula is C20H23Cl2N7O. The molecule has 10 heteroatoms. The van der Waals surface area contributed by atoms with E-state index >= 15 is 0 Å². The van der Waals surface area contributed by atoms with Crippen molar-refractivity contribution >= 4 is 34.8 Å². The van der Waals surface area contributed by atoms with Gasteiger partial charge in [-0.2, -0.15) is 5.10 Å². The second-order valence-electron chi connectivity index (χ2n) is 7.64. The highest BCUT2D eigenvalue weighted by atomic mass is 35.5. The lowest BCUT2D eigenvalue weighted by Gasteiger charge is -2.26. The van der Waals surface area contributed by atoms with Crippen LogP contribution in [0.3, 0.4) is 0 Å². The van der Waals surface area contributed by atoms with E-state index < -0.39 is 0 Å². The first kappa shape index (κ1) is 19.8. The molecule has 5 rings (SSSR count). The molecule has 3 aromatic heterocycles. The number of hydrogen-bond acceptors (Lipinski definition) is 6. The van der Waals surface area contributed by atoms with Gasteiger partial charge in [-0.1, -0.05) is 23.2 Å². The van der Waals surface area contributed by atoms with Crippen molar-refractivity contribution in [3.63, 3.8) is 0 Å². The molecule has 1 N–H and O–H groups in total. The Morgan fingerprint density at radius 1 is 1.17 bits per heavy atom. The van der Waals surface area contributed by atoms with Crippen molar-refractivity contribution in [2.45, 2.75) is 26.4 Å². The molecule has 3 aromatic rings. The lowest BCUT2D eigenvalue weighted by atomic mass is 10.0. The number of nitrogens with zero attached hydrogens (tertiary/aromatic N) is 6. The number of ether oxygens (including phenoxy) is 1. The van der Waals surface area contributed by atoms with Crippen molar-refractivity contribution in [2.75, 3.05) is 38.2 Å². The van der Waals surface area contributed by atoms with Gasteiger partial charge >= 0.3 is 0 Å². The molecule has 0 atom stereocenters. The number of nitrogens with one attached hydrogen (secondary N) is 1. The smallest absolute Gasteiger partial charge is 0.227 e. The number of aromatic nitrogens is 5. The number of hydrogen-bond donors (Lipinski definition) is 1. The summed E-state index contributed by atoms with van der Waals surface area (Å²) in [7, 11) is 0. The second-order valence-corrected chi connectivity index (χ2v) is 8.39. The summed E-state index contributed by atoms with van der Waals surface area (Å²) in [5, 5.41) is 8.79. The highest BCUT2D eigenvalue weighted by Crippen LogP contribution is 2.35. The standard InChI is InChI=1S/C20H23Cl2N7O/c1-13-10-16(21)29-3-2-14-11-23-20(25-17(14)18(13)29)24-15-12-28(26-19(15)22)5-4-27-6-8-30-9-7-27/h10-12H,2-9H2,1H3,(H,23,24,25). The van der Waals surface area contributed by atoms with Gasteiger partial charge in [-0.05, 0) is 25.0 Å². The summed E-state index contributed by atoms with van der Waals surface area (Å²) in [6, 6.07) is 1.98. The Hall–Kier alpha value is -2.13. The zero-order valence-electron chi connectivity index (χ0n) is 16.7. The van der Waals surface area contributed by atoms with E-state index in [9.17, 15) is 0 Å². The molecular weight excluding hydrogens is 425 g/mol. The van der Waals surface area contributed by atoms with Crippen LogP contribution in [0.2, 0.25) is 10.3 Å². The van der Waals surface area contributed by atoms with Gasteiger partial charge < -0.3 is 14.6 Å². The number of aryl methyl sites for hydroxylation is 2. The molecule has 0 aromatic carbocycles. The van der Waals surface area contributed by atoms with E-state index in [0.29, 0.717) is 16.8 Å². The number of fused-ring (bicyclic) bond motifs is 3. The van der Waals surface area contributed by atoms with Gasteiger partial charge in [0.1, 0.15) is 5.15 Å². The summed E-state index contributed by atoms with van der Waals surface area (Å²) in [6.45, 7) is 8.05. The van der Waals surface area contributed by atoms with Crippen LogP contribution in [0.15, 0.2) is 18.5 Å². The predicted octanol–water partition coefficient (Wildman–Crippen LogP) is 3.39. The molecule has 158 valence electrons. The highest BCUT2D eigenvalue weighted by Gasteiger charge is 2.23. The first-order valence-corrected chi connectivity index (χ1v) is 10.9. The number of morpholine rings is 1. The number of rotatable bonds is 5. The van der Waals surface area contributed by atoms with Gasteiger partial charge in [0.2, 0.25) is 5.95 Å². The van der Waals surface area contributed by atoms with E-state index in [2.05, 4.69) is 31.8 Å². The SMILES string of the molecule is Cc1cc(Cl)n2c1-c1nc(Nc3cn(CCN4CCOCC4)nc3Cl)ncc1CC2. The van der Waals surface area contributed by atoms with Gasteiger partial charge in [-0.3, -0.25) is 9.58 Å². The Balaban J connectivity index is 1.34. The maximum atomic E-state index is 6.37. The highest BCUT2D eigenvalue weighted by molar-refractivity contribution is 6.32. The minimum atomic E-state index is 0.404. The average Bonchev–Trinajstić information content (AvgIpc) is 3.25. The summed E-state index contributed by atoms with van der Waals surface area (Å²) in [4.78, 5) is 11.6. The fraction of sp³-hybridized carbons (Fsp3) is 0.450. The average molecular weight is 448 g/mol. The van der Waals surface area contributed by atoms with E-state index in [1.165, 1.54) is 0 Å². The van der Waals surface area contributed by atoms with Crippen molar-refractivity contribution < 1.29 is 4.74 Å². The molecule has 1 fully saturated rings. The molecule has 2 aliphatic rings. The van der Waals surface area contributed by atoms with E-state index in [1.54, 1.807) is 0 Å². The number of halogens is 2. The molecule has 8 nitrogen and oxygen atoms in total. The first-order valence-electron chi connectivity index (χ1n) is 10.1. The Morgan fingerprint density at radius 3 is 2.83 bits per heavy atom. The van der Waals surface area contributed by atoms with Crippen LogP contribution in [0, 0.1) is 6.92 Å². The van der Waals surface area contributed by atoms with E-state index in [4.69, 9.17) is 32.9 Å². The fourth-order valence-corrected chi connectivity index (χ4v) is 4.58. The molecule has 0 unspecified atom stereocenters. The minimum absolute atomic E-state index is 0.404. The van der Waals surface area contributed by atoms with Gasteiger partial charge in [-0.15, -0.1) is 0 Å². The first-order chi connectivity index (χ1) is 14.6. The van der Waals surface area contributed by atoms with Crippen LogP contribution in [0.4, 0.5) is 11.6 Å². The monoisotopic (exact) mass is 447 g/mol. The van der Waals surface area contributed by atoms with Crippen molar-refractivity contribution in [3.05, 3.63) is 39.9 Å². The molecule has 5 heterocycles. The second kappa shape index (κ2) is 8.19. The molecule has 0 saturated carbocycles. The van der Waals surface area contributed by atoms with Gasteiger partial charge in [0.25, 0.3) is 0 Å². The van der Waals surface area contributed by atoms with Crippen molar-refractivity contribution in [1.29, 1.82) is 0 Å². The van der Waals surface area contributed by atoms with Crippen LogP contribution < -0.4 is 5.32 Å². The van der Waals surface area contributed by atoms with E-state index in [1.807, 2.05) is 23.1 Å². The fourth-order valence-electron chi connectivity index (χ4n) is 4.05. The summed E-state index contributed by atoms with van der Waals surface area (Å²) in [5.41, 5.74) is 4.90. The Morgan fingerprint density at radius 2 is 2.00 bits per heavy atom. The van der Waals surface area contributed by atoms with Gasteiger partial charge in [0.05, 0.1) is 43.0 Å². The van der Waals surface area contributed by atoms with Crippen LogP contribution in [0.1, 0.15) is 11.1 Å². The quantitative estimate of drug-likeness (QED) is 0.645. The molecule has 0 spiro atoms. The molecule has 0 radical (unpaired) electrons. The summed E-state index contributed by atoms with van der Waals surface area (Å²) >= 11 is 12.7. The van der Waals surface area contributed by atoms with Crippen LogP contribution in [-0.2, 0) is 24.2 Å². The Labute approximate surface area is 184 Å². The van der Waals surface area contributed by atoms with E-state index in [-0.39, 0.29) is 0 Å². The van der Waals surface area contributed by atoms with Gasteiger partial charge in [0.15, 0.2) is 5.15 Å². The number of anilines is 2. The molecule has 1 saturated heterocycles. The maximum Gasteiger partial charge on any atom is 0.227 e. The topological polar surface area (TPSA) is 73.0 Å². The molecule has 30 heavy (non-hydrogen) atoms. The van der Waals surface area contributed by atoms with Crippen molar-refractivity contribution in [1.82, 2.24) is 29.2 Å². The van der Waals surface area contributed by atoms with Crippen molar-refractivity contribution in [3.8, 4) is 11.4 Å². The van der Waals surface area contributed by atoms with Crippen LogP contribution in [0.25, 0.3) is 11.4 Å². The maximum absolute atomic E-state index is 6.37. The van der Waals surface area contributed by atoms with Gasteiger partial charge in [0, 0.05) is 37.9 Å². The van der Waals surface area contributed by atoms with Crippen molar-refractivity contribution in [2.24, 2.45) is 0 Å². The van der Waals surface area contributed by atoms with Crippen LogP contribution >= 0.6 is 23.2 Å². The van der Waals surface area contributed by atoms with Crippen LogP contribution in [0.5, 0.6) is 0 Å². The van der Waals surface area contributed by atoms with Gasteiger partial charge in [-0.25, -0.2) is 9.97 Å². The zero-order valence-corrected chi connectivity index (χ0v) is 18.2. The molecule has 2 aliphatic heterocycles. The predicted molar refractivity (Wildman–Crippen MR) is 117 cm³/mol. The Kier molecular flexibility index (Phi) is 5.41. The third-order valence-electron chi connectivity index (χ3n) is 5.64. The molecule has 0 aliphatic carbocycles.